The number of nitrogens with two attached hydrogens (primary N) is 1. The highest BCUT2D eigenvalue weighted by Gasteiger charge is 2.40. The smallest absolute Gasteiger partial charge is 0.408 e. The van der Waals surface area contributed by atoms with Crippen LogP contribution < -0.4 is 11.2 Å². The third-order valence-corrected chi connectivity index (χ3v) is 3.11. The number of nitrogen functional groups attached to an aromatic ring is 1. The molecule has 0 radical (unpaired) electrons. The minimum absolute atomic E-state index is 0.167. The Morgan fingerprint density at radius 2 is 1.90 bits per heavy atom. The van der Waals surface area contributed by atoms with Crippen LogP contribution in [0.2, 0.25) is 0 Å². The van der Waals surface area contributed by atoms with Crippen molar-refractivity contribution in [3.8, 4) is 0 Å². The molecule has 118 valence electrons. The molecule has 0 aliphatic rings. The lowest BCUT2D eigenvalue weighted by molar-refractivity contribution is -0.137. The van der Waals surface area contributed by atoms with E-state index in [1.54, 1.807) is 20.8 Å². The van der Waals surface area contributed by atoms with E-state index in [0.717, 1.165) is 12.3 Å². The molecule has 0 amide bonds. The van der Waals surface area contributed by atoms with E-state index in [0.29, 0.717) is 6.42 Å². The number of hydrogen-bond acceptors (Lipinski definition) is 4. The van der Waals surface area contributed by atoms with E-state index in [-0.39, 0.29) is 17.9 Å². The van der Waals surface area contributed by atoms with Gasteiger partial charge in [-0.25, -0.2) is 4.98 Å². The van der Waals surface area contributed by atoms with Crippen molar-refractivity contribution in [1.82, 2.24) is 4.98 Å². The summed E-state index contributed by atoms with van der Waals surface area (Å²) in [5, 5.41) is 0. The van der Waals surface area contributed by atoms with Gasteiger partial charge < -0.3 is 15.0 Å². The third-order valence-electron chi connectivity index (χ3n) is 3.11. The van der Waals surface area contributed by atoms with E-state index in [9.17, 15) is 13.2 Å². The number of anilines is 1. The molecule has 0 saturated carbocycles. The van der Waals surface area contributed by atoms with Gasteiger partial charge in [-0.15, -0.1) is 0 Å². The van der Waals surface area contributed by atoms with Crippen LogP contribution in [0.25, 0.3) is 0 Å². The third kappa shape index (κ3) is 4.89. The second kappa shape index (κ2) is 6.66. The van der Waals surface area contributed by atoms with Gasteiger partial charge in [-0.3, -0.25) is 0 Å². The summed E-state index contributed by atoms with van der Waals surface area (Å²) in [5.41, 5.74) is 3.68. The number of pyridine rings is 1. The topological polar surface area (TPSA) is 57.4 Å². The lowest BCUT2D eigenvalue weighted by atomic mass is 9.75. The zero-order valence-electron chi connectivity index (χ0n) is 12.6. The molecule has 1 heterocycles. The van der Waals surface area contributed by atoms with Crippen LogP contribution in [0.5, 0.6) is 0 Å². The SMILES string of the molecule is CCOB(OC(C)(C)CC)c1cnc(N)cc1C(F)(F)F. The Labute approximate surface area is 123 Å². The minimum Gasteiger partial charge on any atom is -0.408 e. The van der Waals surface area contributed by atoms with Crippen LogP contribution in [0.1, 0.15) is 39.7 Å². The Morgan fingerprint density at radius 3 is 2.38 bits per heavy atom. The first-order valence-electron chi connectivity index (χ1n) is 6.72. The summed E-state index contributed by atoms with van der Waals surface area (Å²) in [6.07, 6.45) is -2.87. The summed E-state index contributed by atoms with van der Waals surface area (Å²) in [4.78, 5) is 3.73. The Bertz CT molecular complexity index is 481. The average Bonchev–Trinajstić information content (AvgIpc) is 2.37. The van der Waals surface area contributed by atoms with Gasteiger partial charge in [0.2, 0.25) is 0 Å². The lowest BCUT2D eigenvalue weighted by Crippen LogP contribution is -2.46. The van der Waals surface area contributed by atoms with Crippen molar-refractivity contribution in [3.05, 3.63) is 17.8 Å². The highest BCUT2D eigenvalue weighted by Crippen LogP contribution is 2.29. The number of nitrogens with zero attached hydrogens (tertiary/aromatic N) is 1. The molecule has 0 aliphatic heterocycles. The Kier molecular flexibility index (Phi) is 5.64. The molecule has 21 heavy (non-hydrogen) atoms. The van der Waals surface area contributed by atoms with Gasteiger partial charge >= 0.3 is 13.3 Å². The van der Waals surface area contributed by atoms with E-state index < -0.39 is 24.5 Å². The summed E-state index contributed by atoms with van der Waals surface area (Å²) in [7, 11) is -1.14. The van der Waals surface area contributed by atoms with Crippen molar-refractivity contribution < 1.29 is 22.5 Å². The van der Waals surface area contributed by atoms with E-state index in [2.05, 4.69) is 4.98 Å². The second-order valence-electron chi connectivity index (χ2n) is 5.21. The molecule has 8 heteroatoms. The molecule has 0 bridgehead atoms. The maximum absolute atomic E-state index is 13.1. The fraction of sp³-hybridized carbons (Fsp3) is 0.615. The number of aromatic nitrogens is 1. The monoisotopic (exact) mass is 304 g/mol. The first kappa shape index (κ1) is 17.8. The van der Waals surface area contributed by atoms with E-state index in [4.69, 9.17) is 15.0 Å². The maximum atomic E-state index is 13.1. The standard InChI is InChI=1S/C13H20BF3N2O2/c1-5-12(3,4)21-14(20-6-2)10-8-19-11(18)7-9(10)13(15,16)17/h7-8H,5-6H2,1-4H3,(H2,18,19). The molecule has 0 unspecified atom stereocenters. The lowest BCUT2D eigenvalue weighted by Gasteiger charge is -2.29. The number of hydrogen-bond donors (Lipinski definition) is 1. The molecule has 0 atom stereocenters. The molecule has 0 saturated heterocycles. The van der Waals surface area contributed by atoms with Crippen LogP contribution in [0, 0.1) is 0 Å². The summed E-state index contributed by atoms with van der Waals surface area (Å²) < 4.78 is 50.5. The zero-order valence-corrected chi connectivity index (χ0v) is 12.6. The van der Waals surface area contributed by atoms with Crippen molar-refractivity contribution in [1.29, 1.82) is 0 Å². The second-order valence-corrected chi connectivity index (χ2v) is 5.21. The first-order chi connectivity index (χ1) is 9.60. The molecule has 0 aromatic carbocycles. The van der Waals surface area contributed by atoms with Gasteiger partial charge in [-0.1, -0.05) is 6.92 Å². The maximum Gasteiger partial charge on any atom is 0.496 e. The fourth-order valence-electron chi connectivity index (χ4n) is 1.63. The van der Waals surface area contributed by atoms with E-state index in [1.807, 2.05) is 6.92 Å². The van der Waals surface area contributed by atoms with Gasteiger partial charge in [-0.2, -0.15) is 13.2 Å². The molecule has 1 rings (SSSR count). The molecule has 4 nitrogen and oxygen atoms in total. The summed E-state index contributed by atoms with van der Waals surface area (Å²) in [6, 6.07) is 0.795. The molecular formula is C13H20BF3N2O2. The molecular weight excluding hydrogens is 284 g/mol. The normalized spacial score (nSPS) is 12.5. The van der Waals surface area contributed by atoms with Crippen LogP contribution in [0.3, 0.4) is 0 Å². The van der Waals surface area contributed by atoms with Crippen molar-refractivity contribution in [2.24, 2.45) is 0 Å². The van der Waals surface area contributed by atoms with E-state index >= 15 is 0 Å². The van der Waals surface area contributed by atoms with E-state index in [1.165, 1.54) is 0 Å². The van der Waals surface area contributed by atoms with Crippen LogP contribution in [-0.4, -0.2) is 24.3 Å². The van der Waals surface area contributed by atoms with Gasteiger partial charge in [-0.05, 0) is 33.3 Å². The van der Waals surface area contributed by atoms with Crippen molar-refractivity contribution in [2.45, 2.75) is 45.9 Å². The van der Waals surface area contributed by atoms with Gasteiger partial charge in [0.15, 0.2) is 0 Å². The highest BCUT2D eigenvalue weighted by atomic mass is 19.4. The van der Waals surface area contributed by atoms with Crippen LogP contribution in [-0.2, 0) is 15.5 Å². The van der Waals surface area contributed by atoms with Crippen LogP contribution in [0.15, 0.2) is 12.3 Å². The average molecular weight is 304 g/mol. The van der Waals surface area contributed by atoms with Gasteiger partial charge in [0.1, 0.15) is 5.82 Å². The molecule has 0 aliphatic carbocycles. The van der Waals surface area contributed by atoms with Gasteiger partial charge in [0.05, 0.1) is 5.56 Å². The molecule has 1 aromatic rings. The quantitative estimate of drug-likeness (QED) is 0.821. The molecule has 0 fully saturated rings. The minimum atomic E-state index is -4.55. The Balaban J connectivity index is 3.25. The molecule has 0 spiro atoms. The van der Waals surface area contributed by atoms with Crippen molar-refractivity contribution >= 4 is 18.4 Å². The van der Waals surface area contributed by atoms with Gasteiger partial charge in [0.25, 0.3) is 0 Å². The number of alkyl halides is 3. The fourth-order valence-corrected chi connectivity index (χ4v) is 1.63. The molecule has 1 aromatic heterocycles. The first-order valence-corrected chi connectivity index (χ1v) is 6.72. The predicted molar refractivity (Wildman–Crippen MR) is 76.1 cm³/mol. The largest absolute Gasteiger partial charge is 0.496 e. The van der Waals surface area contributed by atoms with Crippen molar-refractivity contribution in [2.75, 3.05) is 12.3 Å². The summed E-state index contributed by atoms with van der Waals surface area (Å²) >= 11 is 0. The predicted octanol–water partition coefficient (Wildman–Crippen LogP) is 2.62. The summed E-state index contributed by atoms with van der Waals surface area (Å²) in [5.74, 6) is -0.198. The van der Waals surface area contributed by atoms with Crippen molar-refractivity contribution in [3.63, 3.8) is 0 Å². The number of halogens is 3. The Hall–Kier alpha value is -1.28. The Morgan fingerprint density at radius 1 is 1.29 bits per heavy atom. The van der Waals surface area contributed by atoms with Crippen LogP contribution >= 0.6 is 0 Å². The van der Waals surface area contributed by atoms with Crippen LogP contribution in [0.4, 0.5) is 19.0 Å². The highest BCUT2D eigenvalue weighted by molar-refractivity contribution is 6.62. The zero-order chi connectivity index (χ0) is 16.3. The molecule has 2 N–H and O–H groups in total. The number of rotatable bonds is 6. The summed E-state index contributed by atoms with van der Waals surface area (Å²) in [6.45, 7) is 7.36. The van der Waals surface area contributed by atoms with Gasteiger partial charge in [0, 0.05) is 23.9 Å².